The summed E-state index contributed by atoms with van der Waals surface area (Å²) in [5, 5.41) is 9.58. The van der Waals surface area contributed by atoms with E-state index in [9.17, 15) is 0 Å². The lowest BCUT2D eigenvalue weighted by Crippen LogP contribution is -2.11. The number of para-hydroxylation sites is 1. The molecule has 11 aromatic carbocycles. The summed E-state index contributed by atoms with van der Waals surface area (Å²) in [6.07, 6.45) is 0. The Balaban J connectivity index is 0.982. The highest BCUT2D eigenvalue weighted by molar-refractivity contribution is 6.16. The number of hydrogen-bond acceptors (Lipinski definition) is 2. The number of furan rings is 1. The molecule has 0 amide bonds. The van der Waals surface area contributed by atoms with Crippen molar-refractivity contribution in [2.24, 2.45) is 0 Å². The molecule has 0 aliphatic heterocycles. The molecular formula is C60H39NO. The molecule has 0 radical (unpaired) electrons. The van der Waals surface area contributed by atoms with Gasteiger partial charge in [0, 0.05) is 33.1 Å². The van der Waals surface area contributed by atoms with E-state index in [0.29, 0.717) is 0 Å². The molecule has 12 aromatic rings. The van der Waals surface area contributed by atoms with Crippen molar-refractivity contribution in [2.45, 2.75) is 0 Å². The van der Waals surface area contributed by atoms with Crippen LogP contribution in [0.3, 0.4) is 0 Å². The van der Waals surface area contributed by atoms with Crippen molar-refractivity contribution in [2.75, 3.05) is 4.90 Å². The molecule has 290 valence electrons. The van der Waals surface area contributed by atoms with Gasteiger partial charge < -0.3 is 9.32 Å². The maximum absolute atomic E-state index is 6.54. The van der Waals surface area contributed by atoms with Crippen LogP contribution in [0.25, 0.3) is 98.8 Å². The molecule has 1 aromatic heterocycles. The fourth-order valence-corrected chi connectivity index (χ4v) is 9.38. The first-order valence-corrected chi connectivity index (χ1v) is 21.2. The third-order valence-corrected chi connectivity index (χ3v) is 12.5. The maximum atomic E-state index is 6.54. The van der Waals surface area contributed by atoms with Crippen LogP contribution in [0.4, 0.5) is 17.1 Å². The van der Waals surface area contributed by atoms with E-state index < -0.39 is 0 Å². The van der Waals surface area contributed by atoms with Crippen LogP contribution in [0.2, 0.25) is 0 Å². The third-order valence-electron chi connectivity index (χ3n) is 12.5. The maximum Gasteiger partial charge on any atom is 0.143 e. The standard InChI is InChI=1S/C60H39NO/c1-2-12-40(13-3-1)41-22-24-42(25-23-41)43-26-32-48(33-27-43)61(49-34-28-45(29-35-49)56-38-46-15-5-6-16-50(46)53-19-8-9-20-54(53)56)58-21-11-10-17-51(58)47-31-37-59-57(39-47)55-36-30-44-14-4-7-18-52(44)60(55)62-59/h1-39H. The molecular weight excluding hydrogens is 751 g/mol. The lowest BCUT2D eigenvalue weighted by atomic mass is 9.93. The van der Waals surface area contributed by atoms with Gasteiger partial charge in [-0.1, -0.05) is 182 Å². The van der Waals surface area contributed by atoms with Crippen LogP contribution in [0, 0.1) is 0 Å². The average Bonchev–Trinajstić information content (AvgIpc) is 3.73. The van der Waals surface area contributed by atoms with Gasteiger partial charge in [-0.05, 0) is 120 Å². The third kappa shape index (κ3) is 6.12. The van der Waals surface area contributed by atoms with E-state index in [4.69, 9.17) is 4.42 Å². The minimum atomic E-state index is 0.888. The molecule has 0 spiro atoms. The number of nitrogens with zero attached hydrogens (tertiary/aromatic N) is 1. The molecule has 0 fully saturated rings. The lowest BCUT2D eigenvalue weighted by molar-refractivity contribution is 0.672. The summed E-state index contributed by atoms with van der Waals surface area (Å²) in [5.41, 5.74) is 14.5. The van der Waals surface area contributed by atoms with E-state index in [1.165, 1.54) is 60.3 Å². The number of rotatable bonds is 7. The quantitative estimate of drug-likeness (QED) is 0.150. The van der Waals surface area contributed by atoms with E-state index in [0.717, 1.165) is 55.5 Å². The summed E-state index contributed by atoms with van der Waals surface area (Å²) in [7, 11) is 0. The summed E-state index contributed by atoms with van der Waals surface area (Å²) in [6.45, 7) is 0. The van der Waals surface area contributed by atoms with Crippen LogP contribution >= 0.6 is 0 Å². The first-order chi connectivity index (χ1) is 30.7. The Kier molecular flexibility index (Phi) is 8.53. The lowest BCUT2D eigenvalue weighted by Gasteiger charge is -2.28. The van der Waals surface area contributed by atoms with E-state index in [1.54, 1.807) is 0 Å². The van der Waals surface area contributed by atoms with Gasteiger partial charge in [0.2, 0.25) is 0 Å². The highest BCUT2D eigenvalue weighted by atomic mass is 16.3. The fraction of sp³-hybridized carbons (Fsp3) is 0. The van der Waals surface area contributed by atoms with E-state index in [1.807, 2.05) is 0 Å². The molecule has 62 heavy (non-hydrogen) atoms. The number of benzene rings is 11. The van der Waals surface area contributed by atoms with Crippen molar-refractivity contribution in [1.29, 1.82) is 0 Å². The zero-order valence-electron chi connectivity index (χ0n) is 33.9. The van der Waals surface area contributed by atoms with E-state index >= 15 is 0 Å². The van der Waals surface area contributed by atoms with Gasteiger partial charge in [-0.25, -0.2) is 0 Å². The second kappa shape index (κ2) is 14.8. The zero-order valence-corrected chi connectivity index (χ0v) is 33.9. The Morgan fingerprint density at radius 2 is 0.806 bits per heavy atom. The molecule has 2 heteroatoms. The normalized spacial score (nSPS) is 11.5. The van der Waals surface area contributed by atoms with Gasteiger partial charge in [0.1, 0.15) is 11.2 Å². The summed E-state index contributed by atoms with van der Waals surface area (Å²) < 4.78 is 6.54. The molecule has 2 nitrogen and oxygen atoms in total. The van der Waals surface area contributed by atoms with Crippen molar-refractivity contribution in [3.05, 3.63) is 237 Å². The van der Waals surface area contributed by atoms with Gasteiger partial charge in [-0.15, -0.1) is 0 Å². The molecule has 0 atom stereocenters. The number of hydrogen-bond donors (Lipinski definition) is 0. The highest BCUT2D eigenvalue weighted by Gasteiger charge is 2.20. The van der Waals surface area contributed by atoms with Crippen LogP contribution in [-0.2, 0) is 0 Å². The first kappa shape index (κ1) is 35.7. The molecule has 12 rings (SSSR count). The van der Waals surface area contributed by atoms with Gasteiger partial charge in [-0.3, -0.25) is 0 Å². The highest BCUT2D eigenvalue weighted by Crippen LogP contribution is 2.44. The monoisotopic (exact) mass is 789 g/mol. The summed E-state index contributed by atoms with van der Waals surface area (Å²) in [5.74, 6) is 0. The average molecular weight is 790 g/mol. The molecule has 0 aliphatic carbocycles. The minimum absolute atomic E-state index is 0.888. The van der Waals surface area contributed by atoms with Crippen LogP contribution in [0.5, 0.6) is 0 Å². The smallest absolute Gasteiger partial charge is 0.143 e. The van der Waals surface area contributed by atoms with Crippen LogP contribution in [0.15, 0.2) is 241 Å². The summed E-state index contributed by atoms with van der Waals surface area (Å²) >= 11 is 0. The van der Waals surface area contributed by atoms with Gasteiger partial charge in [0.25, 0.3) is 0 Å². The molecule has 0 aliphatic rings. The summed E-state index contributed by atoms with van der Waals surface area (Å²) in [4.78, 5) is 2.39. The Morgan fingerprint density at radius 1 is 0.274 bits per heavy atom. The predicted molar refractivity (Wildman–Crippen MR) is 263 cm³/mol. The Hall–Kier alpha value is -8.20. The first-order valence-electron chi connectivity index (χ1n) is 21.2. The van der Waals surface area contributed by atoms with Crippen LogP contribution < -0.4 is 4.90 Å². The number of anilines is 3. The topological polar surface area (TPSA) is 16.4 Å². The van der Waals surface area contributed by atoms with Crippen molar-refractivity contribution in [3.8, 4) is 44.5 Å². The van der Waals surface area contributed by atoms with E-state index in [2.05, 4.69) is 241 Å². The van der Waals surface area contributed by atoms with Crippen LogP contribution in [-0.4, -0.2) is 0 Å². The Bertz CT molecular complexity index is 3600. The molecule has 1 heterocycles. The number of fused-ring (bicyclic) bond motifs is 8. The Morgan fingerprint density at radius 3 is 1.53 bits per heavy atom. The van der Waals surface area contributed by atoms with Crippen molar-refractivity contribution in [3.63, 3.8) is 0 Å². The molecule has 0 unspecified atom stereocenters. The van der Waals surface area contributed by atoms with Gasteiger partial charge in [0.05, 0.1) is 5.69 Å². The minimum Gasteiger partial charge on any atom is -0.455 e. The van der Waals surface area contributed by atoms with Crippen molar-refractivity contribution in [1.82, 2.24) is 0 Å². The molecule has 0 saturated carbocycles. The predicted octanol–water partition coefficient (Wildman–Crippen LogP) is 17.2. The summed E-state index contributed by atoms with van der Waals surface area (Å²) in [6, 6.07) is 85.5. The SMILES string of the molecule is c1ccc(-c2ccc(-c3ccc(N(c4ccc(-c5cc6ccccc6c6ccccc56)cc4)c4ccccc4-c4ccc5oc6c7ccccc7ccc6c5c4)cc3)cc2)cc1. The van der Waals surface area contributed by atoms with E-state index in [-0.39, 0.29) is 0 Å². The largest absolute Gasteiger partial charge is 0.455 e. The molecule has 0 bridgehead atoms. The van der Waals surface area contributed by atoms with Crippen LogP contribution in [0.1, 0.15) is 0 Å². The van der Waals surface area contributed by atoms with Gasteiger partial charge in [-0.2, -0.15) is 0 Å². The van der Waals surface area contributed by atoms with Gasteiger partial charge in [0.15, 0.2) is 0 Å². The van der Waals surface area contributed by atoms with Crippen molar-refractivity contribution < 1.29 is 4.42 Å². The fourth-order valence-electron chi connectivity index (χ4n) is 9.38. The Labute approximate surface area is 360 Å². The van der Waals surface area contributed by atoms with Crippen molar-refractivity contribution >= 4 is 71.3 Å². The molecule has 0 saturated heterocycles. The second-order valence-corrected chi connectivity index (χ2v) is 16.1. The molecule has 0 N–H and O–H groups in total. The zero-order chi connectivity index (χ0) is 41.0. The van der Waals surface area contributed by atoms with Gasteiger partial charge >= 0.3 is 0 Å². The second-order valence-electron chi connectivity index (χ2n) is 16.1.